The molecular weight excluding hydrogens is 390 g/mol. The minimum Gasteiger partial charge on any atom is -0.494 e. The Balaban J connectivity index is 1.82. The summed E-state index contributed by atoms with van der Waals surface area (Å²) in [5.41, 5.74) is 0.349. The van der Waals surface area contributed by atoms with E-state index < -0.39 is 10.8 Å². The number of ether oxygens (including phenoxy) is 1. The largest absolute Gasteiger partial charge is 0.494 e. The normalized spacial score (nSPS) is 10.2. The number of amides is 1. The van der Waals surface area contributed by atoms with Crippen LogP contribution < -0.4 is 15.4 Å². The zero-order chi connectivity index (χ0) is 21.1. The van der Waals surface area contributed by atoms with E-state index in [-0.39, 0.29) is 16.4 Å². The van der Waals surface area contributed by atoms with Crippen LogP contribution in [-0.4, -0.2) is 22.5 Å². The minimum atomic E-state index is -0.641. The van der Waals surface area contributed by atoms with Gasteiger partial charge in [0, 0.05) is 11.8 Å². The molecule has 0 atom stereocenters. The number of para-hydroxylation sites is 1. The lowest BCUT2D eigenvalue weighted by Crippen LogP contribution is -2.34. The molecule has 2 aromatic rings. The van der Waals surface area contributed by atoms with Crippen LogP contribution in [0.4, 0.5) is 11.4 Å². The van der Waals surface area contributed by atoms with Gasteiger partial charge in [-0.25, -0.2) is 0 Å². The molecule has 0 saturated heterocycles. The van der Waals surface area contributed by atoms with Gasteiger partial charge in [0.1, 0.15) is 11.3 Å². The highest BCUT2D eigenvalue weighted by atomic mass is 32.1. The van der Waals surface area contributed by atoms with Crippen molar-refractivity contribution in [1.29, 1.82) is 0 Å². The summed E-state index contributed by atoms with van der Waals surface area (Å²) in [6.07, 6.45) is 5.91. The molecule has 0 aliphatic carbocycles. The van der Waals surface area contributed by atoms with E-state index in [1.807, 2.05) is 12.1 Å². The van der Waals surface area contributed by atoms with Crippen LogP contribution in [0.15, 0.2) is 48.5 Å². The highest BCUT2D eigenvalue weighted by Gasteiger charge is 2.19. The zero-order valence-electron chi connectivity index (χ0n) is 16.3. The molecule has 8 heteroatoms. The van der Waals surface area contributed by atoms with Crippen LogP contribution in [0.2, 0.25) is 0 Å². The predicted octanol–water partition coefficient (Wildman–Crippen LogP) is 5.07. The molecule has 0 radical (unpaired) electrons. The Hall–Kier alpha value is -3.00. The zero-order valence-corrected chi connectivity index (χ0v) is 17.2. The third-order valence-corrected chi connectivity index (χ3v) is 4.41. The SMILES string of the molecule is CCCCCCCOc1ccc(NC(=S)NC(=O)c2ccccc2[N+](=O)[O-])cc1. The highest BCUT2D eigenvalue weighted by molar-refractivity contribution is 7.80. The maximum atomic E-state index is 12.3. The summed E-state index contributed by atoms with van der Waals surface area (Å²) in [7, 11) is 0. The van der Waals surface area contributed by atoms with Gasteiger partial charge in [-0.2, -0.15) is 0 Å². The number of carbonyl (C=O) groups excluding carboxylic acids is 1. The maximum Gasteiger partial charge on any atom is 0.282 e. The molecule has 0 aliphatic rings. The highest BCUT2D eigenvalue weighted by Crippen LogP contribution is 2.18. The van der Waals surface area contributed by atoms with Crippen LogP contribution in [0.5, 0.6) is 5.75 Å². The molecule has 0 spiro atoms. The maximum absolute atomic E-state index is 12.3. The average molecular weight is 416 g/mol. The second-order valence-electron chi connectivity index (χ2n) is 6.47. The fourth-order valence-corrected chi connectivity index (χ4v) is 2.90. The van der Waals surface area contributed by atoms with Crippen molar-refractivity contribution in [3.63, 3.8) is 0 Å². The number of hydrogen-bond acceptors (Lipinski definition) is 5. The number of rotatable bonds is 10. The van der Waals surface area contributed by atoms with Crippen molar-refractivity contribution in [2.24, 2.45) is 0 Å². The van der Waals surface area contributed by atoms with E-state index in [2.05, 4.69) is 17.6 Å². The van der Waals surface area contributed by atoms with Crippen molar-refractivity contribution < 1.29 is 14.5 Å². The van der Waals surface area contributed by atoms with Gasteiger partial charge in [-0.3, -0.25) is 20.2 Å². The molecule has 0 aliphatic heterocycles. The topological polar surface area (TPSA) is 93.5 Å². The lowest BCUT2D eigenvalue weighted by atomic mass is 10.1. The summed E-state index contributed by atoms with van der Waals surface area (Å²) in [4.78, 5) is 22.7. The quantitative estimate of drug-likeness (QED) is 0.243. The molecular formula is C21H25N3O4S. The summed E-state index contributed by atoms with van der Waals surface area (Å²) < 4.78 is 5.71. The number of nitro groups is 1. The molecule has 1 amide bonds. The number of unbranched alkanes of at least 4 members (excludes halogenated alkanes) is 4. The summed E-state index contributed by atoms with van der Waals surface area (Å²) in [6, 6.07) is 12.9. The third kappa shape index (κ3) is 7.50. The number of thiocarbonyl (C=S) groups is 1. The monoisotopic (exact) mass is 415 g/mol. The standard InChI is InChI=1S/C21H25N3O4S/c1-2-3-4-5-8-15-28-17-13-11-16(12-14-17)22-21(29)23-20(25)18-9-6-7-10-19(18)24(26)27/h6-7,9-14H,2-5,8,15H2,1H3,(H2,22,23,25,29). The lowest BCUT2D eigenvalue weighted by Gasteiger charge is -2.11. The Kier molecular flexibility index (Phi) is 9.04. The smallest absolute Gasteiger partial charge is 0.282 e. The Morgan fingerprint density at radius 2 is 1.76 bits per heavy atom. The first-order valence-electron chi connectivity index (χ1n) is 9.60. The van der Waals surface area contributed by atoms with E-state index in [0.717, 1.165) is 12.2 Å². The van der Waals surface area contributed by atoms with Gasteiger partial charge in [-0.15, -0.1) is 0 Å². The fourth-order valence-electron chi connectivity index (χ4n) is 2.69. The molecule has 0 saturated carbocycles. The van der Waals surface area contributed by atoms with Crippen LogP contribution in [-0.2, 0) is 0 Å². The van der Waals surface area contributed by atoms with Gasteiger partial charge < -0.3 is 10.1 Å². The summed E-state index contributed by atoms with van der Waals surface area (Å²) in [5, 5.41) is 16.4. The van der Waals surface area contributed by atoms with Gasteiger partial charge in [0.15, 0.2) is 5.11 Å². The first-order chi connectivity index (χ1) is 14.0. The average Bonchev–Trinajstić information content (AvgIpc) is 2.71. The van der Waals surface area contributed by atoms with Crippen molar-refractivity contribution in [2.45, 2.75) is 39.0 Å². The molecule has 0 aromatic heterocycles. The van der Waals surface area contributed by atoms with E-state index >= 15 is 0 Å². The van der Waals surface area contributed by atoms with E-state index in [1.165, 1.54) is 43.9 Å². The summed E-state index contributed by atoms with van der Waals surface area (Å²) >= 11 is 5.13. The van der Waals surface area contributed by atoms with E-state index in [4.69, 9.17) is 17.0 Å². The molecule has 7 nitrogen and oxygen atoms in total. The number of benzene rings is 2. The van der Waals surface area contributed by atoms with Crippen molar-refractivity contribution in [2.75, 3.05) is 11.9 Å². The molecule has 2 rings (SSSR count). The van der Waals surface area contributed by atoms with E-state index in [1.54, 1.807) is 18.2 Å². The number of anilines is 1. The van der Waals surface area contributed by atoms with Crippen molar-refractivity contribution in [1.82, 2.24) is 5.32 Å². The number of nitrogens with zero attached hydrogens (tertiary/aromatic N) is 1. The molecule has 0 heterocycles. The number of hydrogen-bond donors (Lipinski definition) is 2. The molecule has 0 unspecified atom stereocenters. The van der Waals surface area contributed by atoms with Gasteiger partial charge in [-0.1, -0.05) is 44.7 Å². The van der Waals surface area contributed by atoms with Gasteiger partial charge in [-0.05, 0) is 49.0 Å². The fraction of sp³-hybridized carbons (Fsp3) is 0.333. The van der Waals surface area contributed by atoms with Crippen molar-refractivity contribution in [3.8, 4) is 5.75 Å². The Bertz CT molecular complexity index is 840. The minimum absolute atomic E-state index is 0.0515. The molecule has 154 valence electrons. The number of nitrogens with one attached hydrogen (secondary N) is 2. The van der Waals surface area contributed by atoms with Crippen molar-refractivity contribution >= 4 is 34.6 Å². The van der Waals surface area contributed by atoms with E-state index in [9.17, 15) is 14.9 Å². The van der Waals surface area contributed by atoms with Crippen LogP contribution in [0.3, 0.4) is 0 Å². The van der Waals surface area contributed by atoms with Crippen molar-refractivity contribution in [3.05, 3.63) is 64.2 Å². The van der Waals surface area contributed by atoms with Crippen LogP contribution >= 0.6 is 12.2 Å². The Morgan fingerprint density at radius 3 is 2.45 bits per heavy atom. The Morgan fingerprint density at radius 1 is 1.07 bits per heavy atom. The number of nitro benzene ring substituents is 1. The molecule has 2 aromatic carbocycles. The second kappa shape index (κ2) is 11.8. The molecule has 2 N–H and O–H groups in total. The van der Waals surface area contributed by atoms with Gasteiger partial charge >= 0.3 is 0 Å². The summed E-state index contributed by atoms with van der Waals surface area (Å²) in [5.74, 6) is 0.124. The molecule has 0 fully saturated rings. The molecule has 0 bridgehead atoms. The predicted molar refractivity (Wildman–Crippen MR) is 117 cm³/mol. The number of carbonyl (C=O) groups is 1. The van der Waals surface area contributed by atoms with Crippen LogP contribution in [0.1, 0.15) is 49.4 Å². The van der Waals surface area contributed by atoms with Crippen LogP contribution in [0.25, 0.3) is 0 Å². The van der Waals surface area contributed by atoms with Crippen LogP contribution in [0, 0.1) is 10.1 Å². The van der Waals surface area contributed by atoms with Gasteiger partial charge in [0.25, 0.3) is 11.6 Å². The first kappa shape index (κ1) is 22.3. The Labute approximate surface area is 175 Å². The van der Waals surface area contributed by atoms with Gasteiger partial charge in [0.2, 0.25) is 0 Å². The second-order valence-corrected chi connectivity index (χ2v) is 6.88. The lowest BCUT2D eigenvalue weighted by molar-refractivity contribution is -0.385. The third-order valence-electron chi connectivity index (χ3n) is 4.20. The van der Waals surface area contributed by atoms with Gasteiger partial charge in [0.05, 0.1) is 11.5 Å². The summed E-state index contributed by atoms with van der Waals surface area (Å²) in [6.45, 7) is 2.87. The van der Waals surface area contributed by atoms with E-state index in [0.29, 0.717) is 12.3 Å². The first-order valence-corrected chi connectivity index (χ1v) is 10.0. The molecule has 29 heavy (non-hydrogen) atoms.